The highest BCUT2D eigenvalue weighted by molar-refractivity contribution is 6.21. The van der Waals surface area contributed by atoms with Crippen LogP contribution in [0.3, 0.4) is 0 Å². The molecular weight excluding hydrogens is 296 g/mol. The molecule has 0 spiro atoms. The summed E-state index contributed by atoms with van der Waals surface area (Å²) in [4.78, 5) is 0. The highest BCUT2D eigenvalue weighted by atomic mass is 35.5. The Kier molecular flexibility index (Phi) is 4.35. The highest BCUT2D eigenvalue weighted by Gasteiger charge is 2.27. The minimum absolute atomic E-state index is 0.0649. The summed E-state index contributed by atoms with van der Waals surface area (Å²) in [5.41, 5.74) is 4.39. The normalized spacial score (nSPS) is 17.9. The second kappa shape index (κ2) is 6.11. The van der Waals surface area contributed by atoms with E-state index in [2.05, 4.69) is 18.1 Å². The van der Waals surface area contributed by atoms with Gasteiger partial charge < -0.3 is 4.42 Å². The van der Waals surface area contributed by atoms with Crippen LogP contribution in [0.5, 0.6) is 0 Å². The van der Waals surface area contributed by atoms with Crippen molar-refractivity contribution in [3.8, 4) is 11.3 Å². The van der Waals surface area contributed by atoms with Gasteiger partial charge in [0.2, 0.25) is 0 Å². The molecule has 4 heteroatoms. The molecule has 120 valence electrons. The van der Waals surface area contributed by atoms with E-state index in [-0.39, 0.29) is 5.38 Å². The molecule has 0 saturated heterocycles. The van der Waals surface area contributed by atoms with Crippen LogP contribution in [0.25, 0.3) is 11.3 Å². The number of aromatic nitrogens is 2. The molecule has 0 aromatic carbocycles. The minimum atomic E-state index is 0.0649. The number of rotatable bonds is 3. The first kappa shape index (κ1) is 15.7. The van der Waals surface area contributed by atoms with E-state index in [1.54, 1.807) is 0 Å². The summed E-state index contributed by atoms with van der Waals surface area (Å²) in [5, 5.41) is 4.55. The van der Waals surface area contributed by atoms with Gasteiger partial charge in [0.15, 0.2) is 0 Å². The molecule has 1 saturated carbocycles. The van der Waals surface area contributed by atoms with Crippen LogP contribution in [0.1, 0.15) is 60.2 Å². The molecule has 0 radical (unpaired) electrons. The summed E-state index contributed by atoms with van der Waals surface area (Å²) in [6.07, 6.45) is 6.43. The smallest absolute Gasteiger partial charge is 0.138 e. The van der Waals surface area contributed by atoms with Gasteiger partial charge in [0.1, 0.15) is 11.5 Å². The largest absolute Gasteiger partial charge is 0.461 e. The van der Waals surface area contributed by atoms with E-state index in [4.69, 9.17) is 16.0 Å². The van der Waals surface area contributed by atoms with Crippen molar-refractivity contribution in [2.75, 3.05) is 0 Å². The Morgan fingerprint density at radius 2 is 1.91 bits per heavy atom. The Bertz CT molecular complexity index is 665. The first-order valence-electron chi connectivity index (χ1n) is 8.24. The summed E-state index contributed by atoms with van der Waals surface area (Å²) in [7, 11) is 1.97. The topological polar surface area (TPSA) is 31.0 Å². The van der Waals surface area contributed by atoms with Crippen LogP contribution in [-0.2, 0) is 7.05 Å². The van der Waals surface area contributed by atoms with E-state index < -0.39 is 0 Å². The number of hydrogen-bond acceptors (Lipinski definition) is 2. The van der Waals surface area contributed by atoms with Crippen LogP contribution >= 0.6 is 11.6 Å². The molecule has 3 rings (SSSR count). The van der Waals surface area contributed by atoms with Crippen LogP contribution in [0.2, 0.25) is 0 Å². The third kappa shape index (κ3) is 2.71. The monoisotopic (exact) mass is 320 g/mol. The van der Waals surface area contributed by atoms with Crippen LogP contribution in [0.15, 0.2) is 10.5 Å². The summed E-state index contributed by atoms with van der Waals surface area (Å²) in [6, 6.07) is 2.14. The third-order valence-electron chi connectivity index (χ3n) is 5.07. The van der Waals surface area contributed by atoms with E-state index >= 15 is 0 Å². The van der Waals surface area contributed by atoms with E-state index in [1.165, 1.54) is 32.1 Å². The van der Waals surface area contributed by atoms with E-state index in [0.29, 0.717) is 5.92 Å². The Morgan fingerprint density at radius 3 is 2.50 bits per heavy atom. The molecule has 0 aliphatic heterocycles. The maximum atomic E-state index is 6.80. The molecule has 3 nitrogen and oxygen atoms in total. The van der Waals surface area contributed by atoms with Crippen molar-refractivity contribution in [3.63, 3.8) is 0 Å². The first-order chi connectivity index (χ1) is 10.5. The number of furan rings is 1. The zero-order chi connectivity index (χ0) is 15.9. The van der Waals surface area contributed by atoms with Gasteiger partial charge in [0.25, 0.3) is 0 Å². The lowest BCUT2D eigenvalue weighted by Gasteiger charge is -2.25. The Labute approximate surface area is 137 Å². The summed E-state index contributed by atoms with van der Waals surface area (Å²) < 4.78 is 7.95. The lowest BCUT2D eigenvalue weighted by molar-refractivity contribution is 0.346. The summed E-state index contributed by atoms with van der Waals surface area (Å²) in [5.74, 6) is 2.43. The van der Waals surface area contributed by atoms with Gasteiger partial charge in [-0.1, -0.05) is 19.3 Å². The van der Waals surface area contributed by atoms with Gasteiger partial charge in [-0.05, 0) is 45.6 Å². The van der Waals surface area contributed by atoms with Crippen molar-refractivity contribution in [1.82, 2.24) is 9.78 Å². The SMILES string of the molecule is Cc1nn(C)c(C)c1-c1cc(C(Cl)C2CCCCC2)c(C)o1. The molecular formula is C18H25ClN2O. The molecule has 1 aliphatic rings. The van der Waals surface area contributed by atoms with Crippen molar-refractivity contribution in [2.45, 2.75) is 58.3 Å². The van der Waals surface area contributed by atoms with Crippen molar-refractivity contribution < 1.29 is 4.42 Å². The van der Waals surface area contributed by atoms with Gasteiger partial charge in [0.05, 0.1) is 16.6 Å². The highest BCUT2D eigenvalue weighted by Crippen LogP contribution is 2.42. The average Bonchev–Trinajstić information content (AvgIpc) is 2.99. The molecule has 2 aromatic rings. The van der Waals surface area contributed by atoms with Gasteiger partial charge in [0, 0.05) is 18.3 Å². The van der Waals surface area contributed by atoms with Crippen LogP contribution in [0.4, 0.5) is 0 Å². The third-order valence-corrected chi connectivity index (χ3v) is 5.66. The van der Waals surface area contributed by atoms with Crippen molar-refractivity contribution >= 4 is 11.6 Å². The molecule has 0 N–H and O–H groups in total. The number of nitrogens with zero attached hydrogens (tertiary/aromatic N) is 2. The van der Waals surface area contributed by atoms with Crippen LogP contribution in [-0.4, -0.2) is 9.78 Å². The van der Waals surface area contributed by atoms with Crippen LogP contribution in [0, 0.1) is 26.7 Å². The zero-order valence-corrected chi connectivity index (χ0v) is 14.7. The van der Waals surface area contributed by atoms with Crippen molar-refractivity contribution in [3.05, 3.63) is 28.8 Å². The summed E-state index contributed by atoms with van der Waals surface area (Å²) >= 11 is 6.80. The fraction of sp³-hybridized carbons (Fsp3) is 0.611. The molecule has 0 amide bonds. The van der Waals surface area contributed by atoms with Gasteiger partial charge in [-0.15, -0.1) is 11.6 Å². The standard InChI is InChI=1S/C18H25ClN2O/c1-11-17(12(2)21(4)20-11)16-10-15(13(3)22-16)18(19)14-8-6-5-7-9-14/h10,14,18H,5-9H2,1-4H3. The fourth-order valence-electron chi connectivity index (χ4n) is 3.70. The number of alkyl halides is 1. The fourth-order valence-corrected chi connectivity index (χ4v) is 4.17. The number of hydrogen-bond donors (Lipinski definition) is 0. The first-order valence-corrected chi connectivity index (χ1v) is 8.67. The minimum Gasteiger partial charge on any atom is -0.461 e. The maximum Gasteiger partial charge on any atom is 0.138 e. The Morgan fingerprint density at radius 1 is 1.23 bits per heavy atom. The van der Waals surface area contributed by atoms with Gasteiger partial charge in [-0.2, -0.15) is 5.10 Å². The molecule has 1 aliphatic carbocycles. The predicted octanol–water partition coefficient (Wildman–Crippen LogP) is 5.47. The molecule has 1 atom stereocenters. The number of aryl methyl sites for hydroxylation is 3. The molecule has 0 bridgehead atoms. The van der Waals surface area contributed by atoms with E-state index in [0.717, 1.165) is 34.0 Å². The zero-order valence-electron chi connectivity index (χ0n) is 13.9. The van der Waals surface area contributed by atoms with E-state index in [9.17, 15) is 0 Å². The quantitative estimate of drug-likeness (QED) is 0.702. The molecule has 1 fully saturated rings. The Balaban J connectivity index is 1.93. The molecule has 1 unspecified atom stereocenters. The van der Waals surface area contributed by atoms with Crippen molar-refractivity contribution in [1.29, 1.82) is 0 Å². The van der Waals surface area contributed by atoms with Gasteiger partial charge >= 0.3 is 0 Å². The molecule has 2 heterocycles. The second-order valence-electron chi connectivity index (χ2n) is 6.59. The lowest BCUT2D eigenvalue weighted by Crippen LogP contribution is -2.12. The summed E-state index contributed by atoms with van der Waals surface area (Å²) in [6.45, 7) is 6.13. The Hall–Kier alpha value is -1.22. The maximum absolute atomic E-state index is 6.80. The van der Waals surface area contributed by atoms with Gasteiger partial charge in [-0.3, -0.25) is 4.68 Å². The van der Waals surface area contributed by atoms with Crippen LogP contribution < -0.4 is 0 Å². The predicted molar refractivity (Wildman–Crippen MR) is 90.3 cm³/mol. The molecule has 2 aromatic heterocycles. The molecule has 22 heavy (non-hydrogen) atoms. The van der Waals surface area contributed by atoms with Gasteiger partial charge in [-0.25, -0.2) is 0 Å². The number of halogens is 1. The lowest BCUT2D eigenvalue weighted by atomic mass is 9.84. The van der Waals surface area contributed by atoms with E-state index in [1.807, 2.05) is 25.6 Å². The average molecular weight is 321 g/mol. The second-order valence-corrected chi connectivity index (χ2v) is 7.06. The van der Waals surface area contributed by atoms with Crippen molar-refractivity contribution in [2.24, 2.45) is 13.0 Å².